The molecule has 0 aromatic heterocycles. The zero-order valence-electron chi connectivity index (χ0n) is 9.63. The van der Waals surface area contributed by atoms with Gasteiger partial charge in [-0.05, 0) is 29.6 Å². The molecule has 1 aliphatic heterocycles. The van der Waals surface area contributed by atoms with Gasteiger partial charge in [0.25, 0.3) is 15.0 Å². The third kappa shape index (κ3) is 3.35. The first kappa shape index (κ1) is 18.7. The Morgan fingerprint density at radius 2 is 1.84 bits per heavy atom. The van der Waals surface area contributed by atoms with E-state index in [4.69, 9.17) is 85.9 Å². The van der Waals surface area contributed by atoms with Crippen molar-refractivity contribution in [2.24, 2.45) is 0 Å². The highest BCUT2D eigenvalue weighted by Crippen LogP contribution is 2.48. The SMILES string of the molecule is CCC1COC(C(Cl)(Cl)Cl)[N+]1(C(=O)C(Cl)Cl)C(Cl)Cl. The van der Waals surface area contributed by atoms with Crippen molar-refractivity contribution in [2.45, 2.75) is 39.2 Å². The average Bonchev–Trinajstić information content (AvgIpc) is 2.67. The molecule has 1 rings (SSSR count). The van der Waals surface area contributed by atoms with Gasteiger partial charge in [0.15, 0.2) is 0 Å². The molecule has 0 saturated carbocycles. The molecule has 0 N–H and O–H groups in total. The third-order valence-electron chi connectivity index (χ3n) is 3.08. The molecule has 0 radical (unpaired) electrons. The third-order valence-corrected chi connectivity index (χ3v) is 4.66. The van der Waals surface area contributed by atoms with Gasteiger partial charge >= 0.3 is 5.91 Å². The number of halogens is 7. The summed E-state index contributed by atoms with van der Waals surface area (Å²) in [6.45, 7) is 2.00. The predicted octanol–water partition coefficient (Wildman–Crippen LogP) is 4.40. The Hall–Kier alpha value is 1.62. The summed E-state index contributed by atoms with van der Waals surface area (Å²) in [6, 6.07) is -0.395. The van der Waals surface area contributed by atoms with Crippen LogP contribution in [-0.4, -0.2) is 42.9 Å². The fourth-order valence-corrected chi connectivity index (χ4v) is 3.95. The maximum Gasteiger partial charge on any atom is 0.351 e. The summed E-state index contributed by atoms with van der Waals surface area (Å²) in [7, 11) is 0. The second-order valence-electron chi connectivity index (χ2n) is 4.04. The molecule has 0 spiro atoms. The van der Waals surface area contributed by atoms with Crippen LogP contribution >= 0.6 is 81.2 Å². The topological polar surface area (TPSA) is 26.3 Å². The largest absolute Gasteiger partial charge is 0.351 e. The van der Waals surface area contributed by atoms with E-state index in [0.717, 1.165) is 0 Å². The van der Waals surface area contributed by atoms with E-state index >= 15 is 0 Å². The highest BCUT2D eigenvalue weighted by molar-refractivity contribution is 6.68. The van der Waals surface area contributed by atoms with Gasteiger partial charge in [0, 0.05) is 0 Å². The Morgan fingerprint density at radius 3 is 2.16 bits per heavy atom. The van der Waals surface area contributed by atoms with E-state index in [1.54, 1.807) is 0 Å². The van der Waals surface area contributed by atoms with Gasteiger partial charge in [-0.3, -0.25) is 0 Å². The maximum atomic E-state index is 12.4. The van der Waals surface area contributed by atoms with Gasteiger partial charge in [0.2, 0.25) is 4.84 Å². The van der Waals surface area contributed by atoms with Crippen molar-refractivity contribution in [1.29, 1.82) is 0 Å². The lowest BCUT2D eigenvalue weighted by molar-refractivity contribution is -0.899. The lowest BCUT2D eigenvalue weighted by Crippen LogP contribution is -2.67. The van der Waals surface area contributed by atoms with Gasteiger partial charge in [0.05, 0.1) is 0 Å². The molecule has 1 amide bonds. The van der Waals surface area contributed by atoms with Gasteiger partial charge < -0.3 is 4.74 Å². The number of amides is 1. The van der Waals surface area contributed by atoms with Crippen LogP contribution in [0.1, 0.15) is 13.3 Å². The van der Waals surface area contributed by atoms with Crippen LogP contribution in [0.5, 0.6) is 0 Å². The Morgan fingerprint density at radius 1 is 1.32 bits per heavy atom. The van der Waals surface area contributed by atoms with Crippen LogP contribution < -0.4 is 0 Å². The first-order chi connectivity index (χ1) is 8.60. The molecular formula is C9H11Cl7NO2+. The van der Waals surface area contributed by atoms with E-state index in [1.165, 1.54) is 0 Å². The molecule has 0 aliphatic carbocycles. The lowest BCUT2D eigenvalue weighted by Gasteiger charge is -2.42. The molecule has 3 unspecified atom stereocenters. The van der Waals surface area contributed by atoms with Crippen molar-refractivity contribution in [3.63, 3.8) is 0 Å². The van der Waals surface area contributed by atoms with E-state index in [9.17, 15) is 4.79 Å². The average molecular weight is 413 g/mol. The summed E-state index contributed by atoms with van der Waals surface area (Å²) < 4.78 is 2.91. The van der Waals surface area contributed by atoms with Crippen molar-refractivity contribution in [3.8, 4) is 0 Å². The van der Waals surface area contributed by atoms with Crippen LogP contribution in [0.25, 0.3) is 0 Å². The molecular weight excluding hydrogens is 402 g/mol. The normalized spacial score (nSPS) is 32.3. The van der Waals surface area contributed by atoms with Crippen LogP contribution in [0.2, 0.25) is 0 Å². The zero-order valence-corrected chi connectivity index (χ0v) is 14.9. The fourth-order valence-electron chi connectivity index (χ4n) is 2.22. The lowest BCUT2D eigenvalue weighted by atomic mass is 10.1. The standard InChI is InChI=1S/C9H11Cl7NO2/c1-2-4-3-19-7(9(14,15)16)17(4,8(12)13)6(18)5(10)11/h4-5,7-8H,2-3H2,1H3/q+1. The number of alkyl halides is 7. The smallest absolute Gasteiger partial charge is 0.319 e. The molecule has 19 heavy (non-hydrogen) atoms. The van der Waals surface area contributed by atoms with Crippen LogP contribution in [0, 0.1) is 0 Å². The van der Waals surface area contributed by atoms with Crippen molar-refractivity contribution >= 4 is 87.1 Å². The molecule has 10 heteroatoms. The van der Waals surface area contributed by atoms with Crippen molar-refractivity contribution in [3.05, 3.63) is 0 Å². The number of carbonyl (C=O) groups is 1. The van der Waals surface area contributed by atoms with Crippen molar-refractivity contribution < 1.29 is 14.0 Å². The number of hydrogen-bond donors (Lipinski definition) is 0. The molecule has 1 saturated heterocycles. The van der Waals surface area contributed by atoms with Gasteiger partial charge in [-0.15, -0.1) is 0 Å². The molecule has 0 bridgehead atoms. The van der Waals surface area contributed by atoms with Crippen LogP contribution in [0.15, 0.2) is 0 Å². The van der Waals surface area contributed by atoms with E-state index in [1.807, 2.05) is 6.92 Å². The maximum absolute atomic E-state index is 12.4. The quantitative estimate of drug-likeness (QED) is 0.390. The number of hydrogen-bond acceptors (Lipinski definition) is 2. The first-order valence-corrected chi connectivity index (χ1v) is 8.15. The highest BCUT2D eigenvalue weighted by atomic mass is 35.6. The highest BCUT2D eigenvalue weighted by Gasteiger charge is 2.66. The number of nitrogens with zero attached hydrogens (tertiary/aromatic N) is 1. The summed E-state index contributed by atoms with van der Waals surface area (Å²) >= 11 is 41.0. The molecule has 0 aromatic carbocycles. The van der Waals surface area contributed by atoms with Gasteiger partial charge in [0.1, 0.15) is 12.6 Å². The summed E-state index contributed by atoms with van der Waals surface area (Å²) in [5, 5.41) is 0. The molecule has 3 atom stereocenters. The monoisotopic (exact) mass is 410 g/mol. The number of carbonyl (C=O) groups excluding carboxylic acids is 1. The summed E-state index contributed by atoms with van der Waals surface area (Å²) in [6.07, 6.45) is -0.644. The fraction of sp³-hybridized carbons (Fsp3) is 0.889. The van der Waals surface area contributed by atoms with E-state index < -0.39 is 36.2 Å². The van der Waals surface area contributed by atoms with Crippen LogP contribution in [0.3, 0.4) is 0 Å². The molecule has 112 valence electrons. The Kier molecular flexibility index (Phi) is 6.68. The summed E-state index contributed by atoms with van der Waals surface area (Å²) in [4.78, 5) is 9.84. The van der Waals surface area contributed by atoms with Crippen LogP contribution in [-0.2, 0) is 9.53 Å². The van der Waals surface area contributed by atoms with Crippen LogP contribution in [0.4, 0.5) is 0 Å². The second-order valence-corrected chi connectivity index (χ2v) is 8.56. The minimum Gasteiger partial charge on any atom is -0.319 e. The molecule has 1 aliphatic rings. The summed E-state index contributed by atoms with van der Waals surface area (Å²) in [5.74, 6) is -0.654. The molecule has 3 nitrogen and oxygen atoms in total. The minimum atomic E-state index is -1.90. The number of ether oxygens (including phenoxy) is 1. The Balaban J connectivity index is 3.39. The molecule has 1 fully saturated rings. The zero-order chi connectivity index (χ0) is 15.0. The molecule has 1 heterocycles. The van der Waals surface area contributed by atoms with Gasteiger partial charge in [-0.1, -0.05) is 64.9 Å². The van der Waals surface area contributed by atoms with E-state index in [-0.39, 0.29) is 6.61 Å². The van der Waals surface area contributed by atoms with Gasteiger partial charge in [-0.2, -0.15) is 4.48 Å². The first-order valence-electron chi connectivity index (χ1n) is 5.27. The van der Waals surface area contributed by atoms with Gasteiger partial charge in [-0.25, -0.2) is 4.79 Å². The predicted molar refractivity (Wildman–Crippen MR) is 80.4 cm³/mol. The molecule has 0 aromatic rings. The minimum absolute atomic E-state index is 0.164. The summed E-state index contributed by atoms with van der Waals surface area (Å²) in [5.41, 5.74) is 0. The van der Waals surface area contributed by atoms with E-state index in [2.05, 4.69) is 0 Å². The van der Waals surface area contributed by atoms with Crippen molar-refractivity contribution in [2.75, 3.05) is 6.61 Å². The Labute approximate surface area is 146 Å². The number of quaternary nitrogens is 1. The van der Waals surface area contributed by atoms with Crippen molar-refractivity contribution in [1.82, 2.24) is 0 Å². The Bertz CT molecular complexity index is 346. The van der Waals surface area contributed by atoms with E-state index in [0.29, 0.717) is 6.42 Å². The number of rotatable bonds is 3. The second kappa shape index (κ2) is 6.80.